The van der Waals surface area contributed by atoms with Gasteiger partial charge in [-0.3, -0.25) is 0 Å². The molecule has 1 aromatic rings. The van der Waals surface area contributed by atoms with Crippen LogP contribution in [0.25, 0.3) is 0 Å². The van der Waals surface area contributed by atoms with Gasteiger partial charge in [-0.2, -0.15) is 0 Å². The molecule has 0 bridgehead atoms. The Morgan fingerprint density at radius 3 is 2.74 bits per heavy atom. The van der Waals surface area contributed by atoms with Crippen molar-refractivity contribution in [3.63, 3.8) is 0 Å². The first-order chi connectivity index (χ1) is 9.04. The van der Waals surface area contributed by atoms with Crippen LogP contribution in [0.4, 0.5) is 0 Å². The monoisotopic (exact) mass is 282 g/mol. The molecule has 1 aromatic heterocycles. The Morgan fingerprint density at radius 1 is 1.47 bits per heavy atom. The van der Waals surface area contributed by atoms with E-state index in [1.807, 2.05) is 6.07 Å². The SMILES string of the molecule is CN1CCC(CN(C)Cc2ccc(C(=O)O)s2)CC1. The summed E-state index contributed by atoms with van der Waals surface area (Å²) < 4.78 is 0. The number of aromatic carboxylic acids is 1. The molecule has 4 nitrogen and oxygen atoms in total. The zero-order valence-electron chi connectivity index (χ0n) is 11.6. The Kier molecular flexibility index (Phi) is 4.96. The van der Waals surface area contributed by atoms with Gasteiger partial charge < -0.3 is 14.9 Å². The van der Waals surface area contributed by atoms with Crippen LogP contribution in [0.5, 0.6) is 0 Å². The quantitative estimate of drug-likeness (QED) is 0.899. The zero-order valence-corrected chi connectivity index (χ0v) is 12.4. The Bertz CT molecular complexity index is 425. The number of likely N-dealkylation sites (tertiary alicyclic amines) is 1. The molecular formula is C14H22N2O2S. The van der Waals surface area contributed by atoms with Gasteiger partial charge in [0.15, 0.2) is 0 Å². The average Bonchev–Trinajstić information content (AvgIpc) is 2.80. The smallest absolute Gasteiger partial charge is 0.345 e. The second-order valence-electron chi connectivity index (χ2n) is 5.51. The minimum atomic E-state index is -0.825. The maximum Gasteiger partial charge on any atom is 0.345 e. The lowest BCUT2D eigenvalue weighted by Gasteiger charge is -2.31. The highest BCUT2D eigenvalue weighted by Gasteiger charge is 2.18. The van der Waals surface area contributed by atoms with Crippen molar-refractivity contribution in [2.24, 2.45) is 5.92 Å². The summed E-state index contributed by atoms with van der Waals surface area (Å²) in [5.74, 6) is -0.0469. The largest absolute Gasteiger partial charge is 0.477 e. The lowest BCUT2D eigenvalue weighted by molar-refractivity contribution is 0.0702. The first-order valence-electron chi connectivity index (χ1n) is 6.73. The Balaban J connectivity index is 1.80. The minimum Gasteiger partial charge on any atom is -0.477 e. The number of hydrogen-bond donors (Lipinski definition) is 1. The highest BCUT2D eigenvalue weighted by atomic mass is 32.1. The highest BCUT2D eigenvalue weighted by molar-refractivity contribution is 7.13. The molecule has 0 aliphatic carbocycles. The predicted octanol–water partition coefficient (Wildman–Crippen LogP) is 2.22. The van der Waals surface area contributed by atoms with E-state index in [-0.39, 0.29) is 0 Å². The summed E-state index contributed by atoms with van der Waals surface area (Å²) in [5, 5.41) is 8.91. The van der Waals surface area contributed by atoms with Crippen LogP contribution in [0.15, 0.2) is 12.1 Å². The second-order valence-corrected chi connectivity index (χ2v) is 6.68. The van der Waals surface area contributed by atoms with Crippen LogP contribution in [0, 0.1) is 5.92 Å². The summed E-state index contributed by atoms with van der Waals surface area (Å²) in [7, 11) is 4.30. The molecule has 1 N–H and O–H groups in total. The molecule has 2 heterocycles. The Morgan fingerprint density at radius 2 is 2.16 bits per heavy atom. The Hall–Kier alpha value is -0.910. The molecule has 0 aromatic carbocycles. The summed E-state index contributed by atoms with van der Waals surface area (Å²) in [6.07, 6.45) is 2.54. The number of carbonyl (C=O) groups is 1. The summed E-state index contributed by atoms with van der Waals surface area (Å²) >= 11 is 1.38. The fourth-order valence-corrected chi connectivity index (χ4v) is 3.52. The van der Waals surface area contributed by atoms with Crippen molar-refractivity contribution < 1.29 is 9.90 Å². The average molecular weight is 282 g/mol. The molecule has 106 valence electrons. The van der Waals surface area contributed by atoms with Crippen LogP contribution in [0.2, 0.25) is 0 Å². The number of carboxylic acids is 1. The lowest BCUT2D eigenvalue weighted by atomic mass is 9.97. The molecule has 1 aliphatic heterocycles. The summed E-state index contributed by atoms with van der Waals surface area (Å²) in [4.78, 5) is 17.1. The molecule has 0 spiro atoms. The number of nitrogens with zero attached hydrogens (tertiary/aromatic N) is 2. The molecular weight excluding hydrogens is 260 g/mol. The van der Waals surface area contributed by atoms with Crippen molar-refractivity contribution in [3.05, 3.63) is 21.9 Å². The topological polar surface area (TPSA) is 43.8 Å². The van der Waals surface area contributed by atoms with Gasteiger partial charge in [-0.05, 0) is 58.1 Å². The molecule has 19 heavy (non-hydrogen) atoms. The Labute approximate surface area is 118 Å². The van der Waals surface area contributed by atoms with E-state index in [0.717, 1.165) is 23.9 Å². The van der Waals surface area contributed by atoms with Gasteiger partial charge in [0.1, 0.15) is 4.88 Å². The lowest BCUT2D eigenvalue weighted by Crippen LogP contribution is -2.35. The normalized spacial score (nSPS) is 18.1. The predicted molar refractivity (Wildman–Crippen MR) is 77.8 cm³/mol. The van der Waals surface area contributed by atoms with Crippen molar-refractivity contribution in [3.8, 4) is 0 Å². The highest BCUT2D eigenvalue weighted by Crippen LogP contribution is 2.21. The zero-order chi connectivity index (χ0) is 13.8. The van der Waals surface area contributed by atoms with Crippen molar-refractivity contribution in [1.82, 2.24) is 9.80 Å². The van der Waals surface area contributed by atoms with Gasteiger partial charge in [-0.1, -0.05) is 0 Å². The molecule has 1 saturated heterocycles. The number of rotatable bonds is 5. The molecule has 2 rings (SSSR count). The van der Waals surface area contributed by atoms with Crippen LogP contribution in [0.3, 0.4) is 0 Å². The van der Waals surface area contributed by atoms with Gasteiger partial charge in [0, 0.05) is 18.0 Å². The standard InChI is InChI=1S/C14H22N2O2S/c1-15-7-5-11(6-8-15)9-16(2)10-12-3-4-13(19-12)14(17)18/h3-4,11H,5-10H2,1-2H3,(H,17,18). The van der Waals surface area contributed by atoms with Crippen LogP contribution in [0.1, 0.15) is 27.4 Å². The van der Waals surface area contributed by atoms with Crippen LogP contribution < -0.4 is 0 Å². The molecule has 1 aliphatic rings. The molecule has 0 atom stereocenters. The van der Waals surface area contributed by atoms with E-state index in [1.165, 1.54) is 37.3 Å². The first kappa shape index (κ1) is 14.5. The van der Waals surface area contributed by atoms with Crippen molar-refractivity contribution in [1.29, 1.82) is 0 Å². The van der Waals surface area contributed by atoms with Crippen LogP contribution in [-0.2, 0) is 6.54 Å². The third-order valence-electron chi connectivity index (χ3n) is 3.71. The van der Waals surface area contributed by atoms with Crippen LogP contribution in [-0.4, -0.2) is 54.6 Å². The number of carboxylic acid groups (broad SMARTS) is 1. The van der Waals surface area contributed by atoms with Gasteiger partial charge in [-0.15, -0.1) is 11.3 Å². The molecule has 0 unspecified atom stereocenters. The number of thiophene rings is 1. The minimum absolute atomic E-state index is 0.433. The number of piperidine rings is 1. The van der Waals surface area contributed by atoms with E-state index < -0.39 is 5.97 Å². The van der Waals surface area contributed by atoms with E-state index >= 15 is 0 Å². The van der Waals surface area contributed by atoms with Gasteiger partial charge in [0.25, 0.3) is 0 Å². The molecule has 0 amide bonds. The molecule has 0 saturated carbocycles. The summed E-state index contributed by atoms with van der Waals surface area (Å²) in [5.41, 5.74) is 0. The van der Waals surface area contributed by atoms with Crippen molar-refractivity contribution in [2.75, 3.05) is 33.7 Å². The molecule has 0 radical (unpaired) electrons. The molecule has 5 heteroatoms. The van der Waals surface area contributed by atoms with E-state index in [1.54, 1.807) is 6.07 Å². The summed E-state index contributed by atoms with van der Waals surface area (Å²) in [6.45, 7) is 4.35. The third kappa shape index (κ3) is 4.30. The first-order valence-corrected chi connectivity index (χ1v) is 7.55. The van der Waals surface area contributed by atoms with Gasteiger partial charge in [0.05, 0.1) is 0 Å². The van der Waals surface area contributed by atoms with Gasteiger partial charge in [-0.25, -0.2) is 4.79 Å². The van der Waals surface area contributed by atoms with Crippen molar-refractivity contribution in [2.45, 2.75) is 19.4 Å². The van der Waals surface area contributed by atoms with Gasteiger partial charge >= 0.3 is 5.97 Å². The number of hydrogen-bond acceptors (Lipinski definition) is 4. The van der Waals surface area contributed by atoms with E-state index in [0.29, 0.717) is 4.88 Å². The van der Waals surface area contributed by atoms with Gasteiger partial charge in [0.2, 0.25) is 0 Å². The fourth-order valence-electron chi connectivity index (χ4n) is 2.59. The molecule has 1 fully saturated rings. The van der Waals surface area contributed by atoms with E-state index in [4.69, 9.17) is 5.11 Å². The van der Waals surface area contributed by atoms with E-state index in [9.17, 15) is 4.79 Å². The van der Waals surface area contributed by atoms with E-state index in [2.05, 4.69) is 23.9 Å². The van der Waals surface area contributed by atoms with Crippen LogP contribution >= 0.6 is 11.3 Å². The maximum atomic E-state index is 10.8. The second kappa shape index (κ2) is 6.50. The third-order valence-corrected chi connectivity index (χ3v) is 4.76. The summed E-state index contributed by atoms with van der Waals surface area (Å²) in [6, 6.07) is 3.63. The maximum absolute atomic E-state index is 10.8. The fraction of sp³-hybridized carbons (Fsp3) is 0.643. The van der Waals surface area contributed by atoms with Crippen molar-refractivity contribution >= 4 is 17.3 Å².